The van der Waals surface area contributed by atoms with Crippen molar-refractivity contribution in [3.8, 4) is 50.9 Å². The van der Waals surface area contributed by atoms with E-state index in [4.69, 9.17) is 36.8 Å². The van der Waals surface area contributed by atoms with Crippen LogP contribution in [0.4, 0.5) is 0 Å². The highest BCUT2D eigenvalue weighted by Gasteiger charge is 2.41. The SMILES string of the molecule is [2H]c1c([2H])c([2H])c2c(c1[2H])Oc1c([2H])c(-c3c([2H])c([2H])c([2H])c(-n4c5c([2H])c([2H])c([2H])c([2H])c5c5c([2H])c([2H])c([2H])c([2H])c54)c3[2H])c([2H])c3c1B2Oc1c([2H])c(-n2c4c([2H])c([2H])c([2H])c([2H])c4c4c([2H])c([2H])c([2H])c([2H])c42)c([2H])c([2H])c1-3. The average Bonchev–Trinajstić information content (AvgIpc) is 1.61. The first-order valence-corrected chi connectivity index (χ1v) is 15.8. The van der Waals surface area contributed by atoms with Crippen molar-refractivity contribution in [2.45, 2.75) is 0 Å². The third kappa shape index (κ3) is 4.07. The van der Waals surface area contributed by atoms with Crippen LogP contribution in [0.3, 0.4) is 0 Å². The highest BCUT2D eigenvalue weighted by molar-refractivity contribution is 6.84. The van der Waals surface area contributed by atoms with E-state index in [1.165, 1.54) is 0 Å². The summed E-state index contributed by atoms with van der Waals surface area (Å²) < 4.78 is 277. The number of hydrogen-bond acceptors (Lipinski definition) is 2. The lowest BCUT2D eigenvalue weighted by atomic mass is 9.50. The van der Waals surface area contributed by atoms with Gasteiger partial charge in [-0.05, 0) is 83.2 Å². The average molecular weight is 706 g/mol. The van der Waals surface area contributed by atoms with Gasteiger partial charge in [-0.1, -0.05) is 103 Å². The summed E-state index contributed by atoms with van der Waals surface area (Å²) in [5.41, 5.74) is -7.90. The maximum Gasteiger partial charge on any atom is 0.434 e. The Morgan fingerprint density at radius 3 is 1.62 bits per heavy atom. The fourth-order valence-corrected chi connectivity index (χ4v) is 6.84. The van der Waals surface area contributed by atoms with Crippen LogP contribution in [0.2, 0.25) is 0 Å². The first kappa shape index (κ1) is 12.6. The van der Waals surface area contributed by atoms with Crippen LogP contribution < -0.4 is 20.3 Å². The van der Waals surface area contributed by atoms with Crippen LogP contribution in [0.15, 0.2) is 175 Å². The second kappa shape index (κ2) is 10.8. The molecule has 12 rings (SSSR count). The number of hydrogen-bond donors (Lipinski definition) is 0. The van der Waals surface area contributed by atoms with E-state index in [9.17, 15) is 12.3 Å². The van der Waals surface area contributed by atoms with Crippen molar-refractivity contribution in [3.05, 3.63) is 175 Å². The first-order chi connectivity index (χ1) is 38.4. The van der Waals surface area contributed by atoms with E-state index in [0.29, 0.717) is 0 Å². The third-order valence-corrected chi connectivity index (χ3v) is 9.04. The summed E-state index contributed by atoms with van der Waals surface area (Å²) in [6, 6.07) is -25.8. The predicted octanol–water partition coefficient (Wildman–Crippen LogP) is 10.8. The molecule has 2 aliphatic rings. The Balaban J connectivity index is 1.26. The van der Waals surface area contributed by atoms with E-state index in [2.05, 4.69) is 0 Å². The second-order valence-corrected chi connectivity index (χ2v) is 11.8. The van der Waals surface area contributed by atoms with E-state index < -0.39 is 288 Å². The van der Waals surface area contributed by atoms with Gasteiger partial charge in [0.15, 0.2) is 0 Å². The number of nitrogens with zero attached hydrogens (tertiary/aromatic N) is 2. The zero-order valence-electron chi connectivity index (χ0n) is 55.3. The summed E-state index contributed by atoms with van der Waals surface area (Å²) in [5, 5.41) is -1.91. The van der Waals surface area contributed by atoms with E-state index >= 15 is 0 Å². The summed E-state index contributed by atoms with van der Waals surface area (Å²) in [4.78, 5) is 0. The van der Waals surface area contributed by atoms with Crippen LogP contribution in [-0.2, 0) is 0 Å². The molecule has 0 atom stereocenters. The zero-order valence-corrected chi connectivity index (χ0v) is 26.3. The molecule has 10 aromatic rings. The van der Waals surface area contributed by atoms with Crippen molar-refractivity contribution >= 4 is 61.5 Å². The molecule has 4 heterocycles. The van der Waals surface area contributed by atoms with E-state index in [1.54, 1.807) is 0 Å². The Hall–Kier alpha value is -6.98. The molecule has 0 unspecified atom stereocenters. The van der Waals surface area contributed by atoms with E-state index in [0.717, 1.165) is 9.13 Å². The van der Waals surface area contributed by atoms with Gasteiger partial charge < -0.3 is 18.5 Å². The van der Waals surface area contributed by atoms with Crippen molar-refractivity contribution in [2.24, 2.45) is 0 Å². The monoisotopic (exact) mass is 705 g/mol. The van der Waals surface area contributed by atoms with Crippen LogP contribution >= 0.6 is 0 Å². The molecule has 8 aromatic carbocycles. The number of para-hydroxylation sites is 5. The van der Waals surface area contributed by atoms with Gasteiger partial charge in [-0.15, -0.1) is 0 Å². The molecule has 0 bridgehead atoms. The van der Waals surface area contributed by atoms with Crippen molar-refractivity contribution in [1.29, 1.82) is 0 Å². The van der Waals surface area contributed by atoms with Gasteiger partial charge in [-0.25, -0.2) is 0 Å². The van der Waals surface area contributed by atoms with Crippen LogP contribution in [-0.4, -0.2) is 16.0 Å². The molecule has 0 N–H and O–H groups in total. The molecule has 0 spiro atoms. The minimum Gasteiger partial charge on any atom is -0.551 e. The summed E-state index contributed by atoms with van der Waals surface area (Å²) in [6.45, 7) is -1.95. The van der Waals surface area contributed by atoms with Crippen LogP contribution in [0.25, 0.3) is 77.2 Å². The number of rotatable bonds is 3. The van der Waals surface area contributed by atoms with Gasteiger partial charge in [-0.3, -0.25) is 0 Å². The molecule has 246 valence electrons. The van der Waals surface area contributed by atoms with Gasteiger partial charge in [0.1, 0.15) is 17.2 Å². The summed E-state index contributed by atoms with van der Waals surface area (Å²) in [7, 11) is 0. The van der Waals surface area contributed by atoms with Crippen molar-refractivity contribution in [2.75, 3.05) is 0 Å². The van der Waals surface area contributed by atoms with Crippen LogP contribution in [0, 0.1) is 0 Å². The lowest BCUT2D eigenvalue weighted by molar-refractivity contribution is 0.479. The van der Waals surface area contributed by atoms with Crippen molar-refractivity contribution < 1.29 is 49.1 Å². The molecule has 0 saturated carbocycles. The Morgan fingerprint density at radius 2 is 0.981 bits per heavy atom. The fraction of sp³-hybridized carbons (Fsp3) is 0. The van der Waals surface area contributed by atoms with Gasteiger partial charge in [-0.2, -0.15) is 0 Å². The normalized spacial score (nSPS) is 20.5. The topological polar surface area (TPSA) is 28.3 Å². The van der Waals surface area contributed by atoms with Gasteiger partial charge in [0, 0.05) is 55.5 Å². The summed E-state index contributed by atoms with van der Waals surface area (Å²) >= 11 is 0. The molecule has 0 saturated heterocycles. The molecular weight excluding hydrogens is 647 g/mol. The lowest BCUT2D eigenvalue weighted by Gasteiger charge is -2.33. The highest BCUT2D eigenvalue weighted by atomic mass is 16.5. The molecule has 4 nitrogen and oxygen atoms in total. The molecule has 0 radical (unpaired) electrons. The molecule has 0 fully saturated rings. The number of ether oxygens (including phenoxy) is 1. The third-order valence-electron chi connectivity index (χ3n) is 9.04. The number of aromatic nitrogens is 2. The molecule has 2 aromatic heterocycles. The molecular formula is C48H29BN2O2. The van der Waals surface area contributed by atoms with E-state index in [-0.39, 0.29) is 0 Å². The van der Waals surface area contributed by atoms with Gasteiger partial charge in [0.05, 0.1) is 61.8 Å². The minimum atomic E-state index is -1.95. The highest BCUT2D eigenvalue weighted by Crippen LogP contribution is 2.44. The largest absolute Gasteiger partial charge is 0.551 e. The smallest absolute Gasteiger partial charge is 0.434 e. The second-order valence-electron chi connectivity index (χ2n) is 11.8. The molecule has 53 heavy (non-hydrogen) atoms. The quantitative estimate of drug-likeness (QED) is 0.171. The maximum absolute atomic E-state index is 10.1. The Morgan fingerprint density at radius 1 is 0.415 bits per heavy atom. The minimum absolute atomic E-state index is 0.431. The van der Waals surface area contributed by atoms with Gasteiger partial charge in [0.25, 0.3) is 0 Å². The Bertz CT molecular complexity index is 4670. The van der Waals surface area contributed by atoms with Gasteiger partial charge in [0.2, 0.25) is 0 Å². The Labute approximate surface area is 346 Å². The van der Waals surface area contributed by atoms with E-state index in [1.807, 2.05) is 0 Å². The fourth-order valence-electron chi connectivity index (χ4n) is 6.84. The maximum atomic E-state index is 10.1. The standard InChI is InChI=1S/C48H29BN2O2/c1-6-19-41-34(14-1)35-15-2-7-20-42(35)50(41)32-13-11-12-30(26-32)31-27-39-38-25-24-33(51-43-21-8-3-16-36(43)37-17-4-9-22-44(37)51)29-46(38)53-49-40-18-5-10-23-45(40)52-47(28-31)48(39)49/h1-29H/i1D,2D,3D,4D,5D,6D,7D,8D,9D,10D,11D,12D,13D,14D,15D,16D,17D,18D,19D,20D,21D,22D,23D,24D,25D,26D,27D,28D,29D. The molecule has 0 amide bonds. The van der Waals surface area contributed by atoms with Gasteiger partial charge >= 0.3 is 6.92 Å². The van der Waals surface area contributed by atoms with Crippen molar-refractivity contribution in [1.82, 2.24) is 9.13 Å². The number of benzene rings is 8. The summed E-state index contributed by atoms with van der Waals surface area (Å²) in [6.07, 6.45) is 0. The predicted molar refractivity (Wildman–Crippen MR) is 218 cm³/mol. The summed E-state index contributed by atoms with van der Waals surface area (Å²) in [5.74, 6) is -2.19. The van der Waals surface area contributed by atoms with Crippen molar-refractivity contribution in [3.63, 3.8) is 0 Å². The molecule has 5 heteroatoms. The zero-order chi connectivity index (χ0) is 59.9. The number of fused-ring (bicyclic) bond motifs is 10. The Kier molecular flexibility index (Phi) is 2.56. The van der Waals surface area contributed by atoms with Crippen LogP contribution in [0.1, 0.15) is 39.8 Å². The lowest BCUT2D eigenvalue weighted by Crippen LogP contribution is -2.53. The van der Waals surface area contributed by atoms with Crippen LogP contribution in [0.5, 0.6) is 17.2 Å². The molecule has 0 aliphatic carbocycles. The molecule has 2 aliphatic heterocycles. The first-order valence-electron chi connectivity index (χ1n) is 30.3.